The van der Waals surface area contributed by atoms with Crippen molar-refractivity contribution in [3.63, 3.8) is 0 Å². The number of hydrogen-bond acceptors (Lipinski definition) is 3. The maximum absolute atomic E-state index is 13.3. The summed E-state index contributed by atoms with van der Waals surface area (Å²) in [5.41, 5.74) is -0.620. The van der Waals surface area contributed by atoms with Crippen molar-refractivity contribution in [3.05, 3.63) is 57.4 Å². The van der Waals surface area contributed by atoms with Gasteiger partial charge in [-0.1, -0.05) is 0 Å². The van der Waals surface area contributed by atoms with Crippen LogP contribution in [0.1, 0.15) is 10.4 Å². The second-order valence-electron chi connectivity index (χ2n) is 4.06. The van der Waals surface area contributed by atoms with E-state index in [0.29, 0.717) is 0 Å². The minimum atomic E-state index is -3.85. The molecule has 0 spiro atoms. The average molecular weight is 421 g/mol. The van der Waals surface area contributed by atoms with Crippen LogP contribution in [0.25, 0.3) is 0 Å². The van der Waals surface area contributed by atoms with E-state index in [9.17, 15) is 17.6 Å². The lowest BCUT2D eigenvalue weighted by Crippen LogP contribution is -2.13. The predicted octanol–water partition coefficient (Wildman–Crippen LogP) is 2.93. The lowest BCUT2D eigenvalue weighted by molar-refractivity contribution is 0.0692. The van der Waals surface area contributed by atoms with Gasteiger partial charge in [-0.05, 0) is 65.1 Å². The predicted molar refractivity (Wildman–Crippen MR) is 83.3 cm³/mol. The summed E-state index contributed by atoms with van der Waals surface area (Å²) in [7, 11) is -3.85. The molecule has 2 aromatic carbocycles. The second-order valence-corrected chi connectivity index (χ2v) is 6.99. The van der Waals surface area contributed by atoms with Gasteiger partial charge >= 0.3 is 5.97 Å². The maximum atomic E-state index is 13.3. The summed E-state index contributed by atoms with van der Waals surface area (Å²) in [6, 6.07) is 9.09. The van der Waals surface area contributed by atoms with E-state index >= 15 is 0 Å². The van der Waals surface area contributed by atoms with Crippen LogP contribution in [-0.2, 0) is 10.0 Å². The van der Waals surface area contributed by atoms with E-state index in [0.717, 1.165) is 21.8 Å². The Hall–Kier alpha value is -1.68. The van der Waals surface area contributed by atoms with Crippen molar-refractivity contribution >= 4 is 44.3 Å². The number of carboxylic acids is 1. The smallest absolute Gasteiger partial charge is 0.338 e. The van der Waals surface area contributed by atoms with Gasteiger partial charge in [0.05, 0.1) is 10.5 Å². The van der Waals surface area contributed by atoms with Gasteiger partial charge in [0.25, 0.3) is 10.0 Å². The van der Waals surface area contributed by atoms with Gasteiger partial charge in [0.1, 0.15) is 5.82 Å². The number of carbonyl (C=O) groups is 1. The van der Waals surface area contributed by atoms with Crippen LogP contribution in [0.3, 0.4) is 0 Å². The number of anilines is 1. The Morgan fingerprint density at radius 1 is 1.14 bits per heavy atom. The summed E-state index contributed by atoms with van der Waals surface area (Å²) in [5, 5.41) is 8.82. The zero-order valence-electron chi connectivity index (χ0n) is 10.4. The van der Waals surface area contributed by atoms with Crippen LogP contribution in [0.4, 0.5) is 10.1 Å². The number of nitrogens with one attached hydrogen (secondary N) is 1. The van der Waals surface area contributed by atoms with Crippen molar-refractivity contribution in [2.75, 3.05) is 4.72 Å². The van der Waals surface area contributed by atoms with Crippen LogP contribution in [0.5, 0.6) is 0 Å². The molecule has 2 N–H and O–H groups in total. The molecule has 0 heterocycles. The molecule has 0 aliphatic rings. The standard InChI is InChI=1S/C13H9FINO4S/c14-12-6-3-9(7-11(12)13(17)18)16-21(19,20)10-4-1-8(15)2-5-10/h1-7,16H,(H,17,18). The second kappa shape index (κ2) is 5.98. The van der Waals surface area contributed by atoms with Crippen molar-refractivity contribution in [2.45, 2.75) is 4.90 Å². The molecule has 0 bridgehead atoms. The highest BCUT2D eigenvalue weighted by atomic mass is 127. The van der Waals surface area contributed by atoms with Crippen LogP contribution in [-0.4, -0.2) is 19.5 Å². The third-order valence-electron chi connectivity index (χ3n) is 2.57. The number of rotatable bonds is 4. The molecule has 21 heavy (non-hydrogen) atoms. The first kappa shape index (κ1) is 15.7. The van der Waals surface area contributed by atoms with E-state index < -0.39 is 27.4 Å². The van der Waals surface area contributed by atoms with Gasteiger partial charge in [0, 0.05) is 9.26 Å². The molecule has 5 nitrogen and oxygen atoms in total. The summed E-state index contributed by atoms with van der Waals surface area (Å²) in [4.78, 5) is 10.9. The first-order valence-electron chi connectivity index (χ1n) is 5.61. The molecule has 0 saturated heterocycles. The number of benzene rings is 2. The number of hydrogen-bond donors (Lipinski definition) is 2. The molecule has 0 unspecified atom stereocenters. The largest absolute Gasteiger partial charge is 0.478 e. The summed E-state index contributed by atoms with van der Waals surface area (Å²) >= 11 is 2.04. The van der Waals surface area contributed by atoms with Crippen molar-refractivity contribution in [3.8, 4) is 0 Å². The first-order chi connectivity index (χ1) is 9.79. The highest BCUT2D eigenvalue weighted by Gasteiger charge is 2.16. The molecule has 0 amide bonds. The zero-order valence-corrected chi connectivity index (χ0v) is 13.4. The van der Waals surface area contributed by atoms with Crippen molar-refractivity contribution in [1.29, 1.82) is 0 Å². The molecule has 0 aromatic heterocycles. The van der Waals surface area contributed by atoms with Crippen LogP contribution in [0.2, 0.25) is 0 Å². The molecular weight excluding hydrogens is 412 g/mol. The molecular formula is C13H9FINO4S. The average Bonchev–Trinajstić information content (AvgIpc) is 2.41. The molecule has 0 atom stereocenters. The molecule has 0 aliphatic heterocycles. The van der Waals surface area contributed by atoms with Crippen LogP contribution in [0, 0.1) is 9.39 Å². The monoisotopic (exact) mass is 421 g/mol. The Morgan fingerprint density at radius 3 is 2.33 bits per heavy atom. The zero-order chi connectivity index (χ0) is 15.6. The van der Waals surface area contributed by atoms with E-state index in [-0.39, 0.29) is 10.6 Å². The lowest BCUT2D eigenvalue weighted by Gasteiger charge is -2.09. The van der Waals surface area contributed by atoms with Crippen molar-refractivity contribution in [1.82, 2.24) is 0 Å². The van der Waals surface area contributed by atoms with E-state index in [1.165, 1.54) is 12.1 Å². The van der Waals surface area contributed by atoms with Crippen molar-refractivity contribution in [2.24, 2.45) is 0 Å². The van der Waals surface area contributed by atoms with Crippen LogP contribution < -0.4 is 4.72 Å². The molecule has 2 aromatic rings. The quantitative estimate of drug-likeness (QED) is 0.744. The molecule has 110 valence electrons. The summed E-state index contributed by atoms with van der Waals surface area (Å²) in [6.45, 7) is 0. The normalized spacial score (nSPS) is 11.1. The number of halogens is 2. The Morgan fingerprint density at radius 2 is 1.76 bits per heavy atom. The fourth-order valence-electron chi connectivity index (χ4n) is 1.58. The molecule has 0 radical (unpaired) electrons. The van der Waals surface area contributed by atoms with E-state index in [2.05, 4.69) is 4.72 Å². The summed E-state index contributed by atoms with van der Waals surface area (Å²) in [5.74, 6) is -2.40. The van der Waals surface area contributed by atoms with Crippen molar-refractivity contribution < 1.29 is 22.7 Å². The van der Waals surface area contributed by atoms with Crippen LogP contribution in [0.15, 0.2) is 47.4 Å². The van der Waals surface area contributed by atoms with Gasteiger partial charge in [-0.3, -0.25) is 4.72 Å². The van der Waals surface area contributed by atoms with Gasteiger partial charge in [0.2, 0.25) is 0 Å². The van der Waals surface area contributed by atoms with Crippen LogP contribution >= 0.6 is 22.6 Å². The Balaban J connectivity index is 2.35. The third kappa shape index (κ3) is 3.70. The third-order valence-corrected chi connectivity index (χ3v) is 4.69. The molecule has 0 saturated carbocycles. The SMILES string of the molecule is O=C(O)c1cc(NS(=O)(=O)c2ccc(I)cc2)ccc1F. The van der Waals surface area contributed by atoms with E-state index in [1.807, 2.05) is 22.6 Å². The fourth-order valence-corrected chi connectivity index (χ4v) is 2.99. The Labute approximate surface area is 134 Å². The summed E-state index contributed by atoms with van der Waals surface area (Å²) in [6.07, 6.45) is 0. The molecule has 2 rings (SSSR count). The number of sulfonamides is 1. The van der Waals surface area contributed by atoms with Gasteiger partial charge in [-0.25, -0.2) is 17.6 Å². The molecule has 0 aliphatic carbocycles. The highest BCUT2D eigenvalue weighted by Crippen LogP contribution is 2.20. The Bertz CT molecular complexity index is 790. The van der Waals surface area contributed by atoms with Gasteiger partial charge < -0.3 is 5.11 Å². The molecule has 0 fully saturated rings. The number of carboxylic acid groups (broad SMARTS) is 1. The topological polar surface area (TPSA) is 83.5 Å². The minimum absolute atomic E-state index is 0.0210. The lowest BCUT2D eigenvalue weighted by atomic mass is 10.2. The minimum Gasteiger partial charge on any atom is -0.478 e. The fraction of sp³-hybridized carbons (Fsp3) is 0. The van der Waals surface area contributed by atoms with Gasteiger partial charge in [0.15, 0.2) is 0 Å². The van der Waals surface area contributed by atoms with E-state index in [4.69, 9.17) is 5.11 Å². The van der Waals surface area contributed by atoms with E-state index in [1.54, 1.807) is 12.1 Å². The maximum Gasteiger partial charge on any atom is 0.338 e. The molecule has 8 heteroatoms. The van der Waals surface area contributed by atoms with Gasteiger partial charge in [-0.15, -0.1) is 0 Å². The van der Waals surface area contributed by atoms with Gasteiger partial charge in [-0.2, -0.15) is 0 Å². The first-order valence-corrected chi connectivity index (χ1v) is 8.17. The summed E-state index contributed by atoms with van der Waals surface area (Å²) < 4.78 is 40.6. The highest BCUT2D eigenvalue weighted by molar-refractivity contribution is 14.1. The number of aromatic carboxylic acids is 1. The Kier molecular flexibility index (Phi) is 4.47.